The first-order valence-electron chi connectivity index (χ1n) is 11.5. The summed E-state index contributed by atoms with van der Waals surface area (Å²) in [4.78, 5) is 14.2. The first-order valence-corrected chi connectivity index (χ1v) is 19.6. The second-order valence-electron chi connectivity index (χ2n) is 9.47. The van der Waals surface area contributed by atoms with E-state index in [-0.39, 0.29) is 12.2 Å². The van der Waals surface area contributed by atoms with Gasteiger partial charge in [-0.15, -0.1) is 0 Å². The SMILES string of the molecule is CCC[CH2][Sn]([CH2]CCC)([CH2]CCC)[CH2]O[C@H]1C=CCN(C(=O)OC(C)(C)C)C1. The Kier molecular flexibility index (Phi) is 12.1. The predicted molar refractivity (Wildman–Crippen MR) is 122 cm³/mol. The number of amides is 1. The second kappa shape index (κ2) is 13.1. The number of carbonyl (C=O) groups is 1. The molecule has 0 bridgehead atoms. The molecule has 0 aromatic rings. The molecule has 1 atom stereocenters. The minimum atomic E-state index is -2.29. The van der Waals surface area contributed by atoms with Gasteiger partial charge < -0.3 is 0 Å². The zero-order valence-electron chi connectivity index (χ0n) is 19.4. The van der Waals surface area contributed by atoms with E-state index in [0.29, 0.717) is 13.1 Å². The molecule has 1 aliphatic heterocycles. The zero-order chi connectivity index (χ0) is 21.0. The quantitative estimate of drug-likeness (QED) is 0.224. The number of rotatable bonds is 12. The fourth-order valence-corrected chi connectivity index (χ4v) is 18.3. The van der Waals surface area contributed by atoms with Gasteiger partial charge in [-0.05, 0) is 0 Å². The first kappa shape index (κ1) is 25.8. The average molecular weight is 502 g/mol. The van der Waals surface area contributed by atoms with Crippen LogP contribution in [0.15, 0.2) is 12.2 Å². The Balaban J connectivity index is 2.71. The molecule has 0 fully saturated rings. The summed E-state index contributed by atoms with van der Waals surface area (Å²) in [5, 5.41) is 0. The summed E-state index contributed by atoms with van der Waals surface area (Å²) in [5.41, 5.74) is -0.458. The van der Waals surface area contributed by atoms with Crippen LogP contribution in [-0.4, -0.2) is 58.8 Å². The van der Waals surface area contributed by atoms with Crippen LogP contribution in [0.25, 0.3) is 0 Å². The number of ether oxygens (including phenoxy) is 2. The van der Waals surface area contributed by atoms with Crippen LogP contribution in [0, 0.1) is 0 Å². The van der Waals surface area contributed by atoms with E-state index in [9.17, 15) is 4.79 Å². The third-order valence-electron chi connectivity index (χ3n) is 5.51. The van der Waals surface area contributed by atoms with Crippen LogP contribution in [0.5, 0.6) is 0 Å². The van der Waals surface area contributed by atoms with Crippen molar-refractivity contribution in [3.63, 3.8) is 0 Å². The van der Waals surface area contributed by atoms with Crippen molar-refractivity contribution < 1.29 is 14.3 Å². The van der Waals surface area contributed by atoms with Crippen molar-refractivity contribution in [2.45, 2.75) is 105 Å². The molecule has 0 N–H and O–H groups in total. The van der Waals surface area contributed by atoms with Gasteiger partial charge in [-0.25, -0.2) is 0 Å². The topological polar surface area (TPSA) is 38.8 Å². The summed E-state index contributed by atoms with van der Waals surface area (Å²) in [5.74, 6) is 0. The molecule has 164 valence electrons. The van der Waals surface area contributed by atoms with Gasteiger partial charge in [0.1, 0.15) is 0 Å². The Bertz CT molecular complexity index is 451. The Hall–Kier alpha value is -0.231. The van der Waals surface area contributed by atoms with Gasteiger partial charge in [0.2, 0.25) is 0 Å². The minimum absolute atomic E-state index is 0.0159. The molecule has 0 radical (unpaired) electrons. The van der Waals surface area contributed by atoms with Gasteiger partial charge in [0.15, 0.2) is 0 Å². The van der Waals surface area contributed by atoms with Crippen molar-refractivity contribution in [1.29, 1.82) is 0 Å². The van der Waals surface area contributed by atoms with Gasteiger partial charge in [0.25, 0.3) is 0 Å². The van der Waals surface area contributed by atoms with Crippen LogP contribution < -0.4 is 0 Å². The molecule has 5 heteroatoms. The number of hydrogen-bond acceptors (Lipinski definition) is 3. The molecule has 0 unspecified atom stereocenters. The number of unbranched alkanes of at least 4 members (excludes halogenated alkanes) is 3. The molecule has 0 aromatic carbocycles. The molecular formula is C23H45NO3Sn. The molecule has 28 heavy (non-hydrogen) atoms. The van der Waals surface area contributed by atoms with Gasteiger partial charge in [-0.3, -0.25) is 0 Å². The molecule has 1 heterocycles. The maximum atomic E-state index is 12.4. The Morgan fingerprint density at radius 3 is 2.04 bits per heavy atom. The standard InChI is InChI=1S/C11H18NO3.3C4H9.Sn/c1-11(2,3)15-10(13)12-7-5-6-9(8-12)14-4;3*1-3-4-2;/h5-6,9H,4,7-8H2,1-3H3;3*1,3-4H2,2H3;/t9-;;;;/m0..../s1. The van der Waals surface area contributed by atoms with E-state index in [2.05, 4.69) is 32.9 Å². The molecule has 1 amide bonds. The normalized spacial score (nSPS) is 17.8. The van der Waals surface area contributed by atoms with Gasteiger partial charge in [-0.1, -0.05) is 0 Å². The molecule has 4 nitrogen and oxygen atoms in total. The monoisotopic (exact) mass is 503 g/mol. The van der Waals surface area contributed by atoms with Crippen LogP contribution in [-0.2, 0) is 9.47 Å². The second-order valence-corrected chi connectivity index (χ2v) is 23.1. The van der Waals surface area contributed by atoms with Crippen molar-refractivity contribution in [3.8, 4) is 0 Å². The van der Waals surface area contributed by atoms with E-state index in [1.54, 1.807) is 4.90 Å². The fraction of sp³-hybridized carbons (Fsp3) is 0.870. The fourth-order valence-electron chi connectivity index (χ4n) is 3.81. The van der Waals surface area contributed by atoms with E-state index in [0.717, 1.165) is 4.62 Å². The Morgan fingerprint density at radius 2 is 1.57 bits per heavy atom. The van der Waals surface area contributed by atoms with E-state index in [1.807, 2.05) is 20.8 Å². The van der Waals surface area contributed by atoms with Crippen LogP contribution >= 0.6 is 0 Å². The van der Waals surface area contributed by atoms with Crippen molar-refractivity contribution in [3.05, 3.63) is 12.2 Å². The number of hydrogen-bond donors (Lipinski definition) is 0. The molecular weight excluding hydrogens is 457 g/mol. The van der Waals surface area contributed by atoms with E-state index >= 15 is 0 Å². The van der Waals surface area contributed by atoms with E-state index in [1.165, 1.54) is 51.8 Å². The predicted octanol–water partition coefficient (Wildman–Crippen LogP) is 6.57. The van der Waals surface area contributed by atoms with Gasteiger partial charge in [0.05, 0.1) is 0 Å². The van der Waals surface area contributed by atoms with Crippen LogP contribution in [0.4, 0.5) is 4.79 Å². The summed E-state index contributed by atoms with van der Waals surface area (Å²) in [6.45, 7) is 13.9. The molecule has 1 rings (SSSR count). The average Bonchev–Trinajstić information content (AvgIpc) is 2.66. The Morgan fingerprint density at radius 1 is 1.04 bits per heavy atom. The summed E-state index contributed by atoms with van der Waals surface area (Å²) in [6.07, 6.45) is 11.9. The van der Waals surface area contributed by atoms with Crippen LogP contribution in [0.3, 0.4) is 0 Å². The third-order valence-corrected chi connectivity index (χ3v) is 19.8. The molecule has 0 saturated heterocycles. The number of nitrogens with zero attached hydrogens (tertiary/aromatic N) is 1. The number of carbonyl (C=O) groups excluding carboxylic acids is 1. The van der Waals surface area contributed by atoms with Crippen molar-refractivity contribution in [2.24, 2.45) is 0 Å². The summed E-state index contributed by atoms with van der Waals surface area (Å²) < 4.78 is 17.4. The molecule has 0 saturated carbocycles. The van der Waals surface area contributed by atoms with Gasteiger partial charge >= 0.3 is 179 Å². The van der Waals surface area contributed by atoms with Crippen LogP contribution in [0.2, 0.25) is 13.3 Å². The van der Waals surface area contributed by atoms with Gasteiger partial charge in [0, 0.05) is 0 Å². The van der Waals surface area contributed by atoms with E-state index < -0.39 is 24.0 Å². The van der Waals surface area contributed by atoms with Crippen molar-refractivity contribution in [1.82, 2.24) is 4.90 Å². The molecule has 0 aliphatic carbocycles. The third kappa shape index (κ3) is 10.00. The molecule has 1 aliphatic rings. The summed E-state index contributed by atoms with van der Waals surface area (Å²) in [6, 6.07) is 0. The van der Waals surface area contributed by atoms with Gasteiger partial charge in [-0.2, -0.15) is 0 Å². The van der Waals surface area contributed by atoms with Crippen molar-refractivity contribution in [2.75, 3.05) is 17.7 Å². The zero-order valence-corrected chi connectivity index (χ0v) is 22.2. The van der Waals surface area contributed by atoms with E-state index in [4.69, 9.17) is 9.47 Å². The maximum absolute atomic E-state index is 12.4. The Labute approximate surface area is 178 Å². The summed E-state index contributed by atoms with van der Waals surface area (Å²) in [7, 11) is 0. The van der Waals surface area contributed by atoms with Crippen LogP contribution in [0.1, 0.15) is 80.1 Å². The van der Waals surface area contributed by atoms with Crippen molar-refractivity contribution >= 4 is 24.5 Å². The summed E-state index contributed by atoms with van der Waals surface area (Å²) >= 11 is -2.29. The molecule has 0 spiro atoms. The first-order chi connectivity index (χ1) is 13.2. The molecule has 0 aromatic heterocycles.